The van der Waals surface area contributed by atoms with Crippen LogP contribution in [0.15, 0.2) is 24.5 Å². The zero-order valence-electron chi connectivity index (χ0n) is 11.8. The molecular formula is C15H19N3OS2. The molecule has 1 fully saturated rings. The number of unbranched alkanes of at least 4 members (excludes halogenated alkanes) is 1. The molecule has 1 aromatic heterocycles. The minimum Gasteiger partial charge on any atom is -0.345 e. The molecule has 1 atom stereocenters. The van der Waals surface area contributed by atoms with Gasteiger partial charge in [-0.25, -0.2) is 4.98 Å². The summed E-state index contributed by atoms with van der Waals surface area (Å²) in [5.74, 6) is 1.38. The molecule has 3 rings (SSSR count). The minimum absolute atomic E-state index is 0.0994. The molecule has 112 valence electrons. The number of carbonyl (C=O) groups is 1. The number of hydrogen-bond donors (Lipinski definition) is 2. The van der Waals surface area contributed by atoms with Crippen LogP contribution in [-0.2, 0) is 4.79 Å². The summed E-state index contributed by atoms with van der Waals surface area (Å²) in [4.78, 5) is 19.2. The Bertz CT molecular complexity index is 608. The Hall–Kier alpha value is -1.14. The van der Waals surface area contributed by atoms with Gasteiger partial charge in [0.25, 0.3) is 0 Å². The Morgan fingerprint density at radius 1 is 1.43 bits per heavy atom. The van der Waals surface area contributed by atoms with E-state index in [0.717, 1.165) is 34.8 Å². The van der Waals surface area contributed by atoms with Crippen molar-refractivity contribution in [1.82, 2.24) is 9.97 Å². The molecule has 1 saturated heterocycles. The Labute approximate surface area is 132 Å². The van der Waals surface area contributed by atoms with Crippen LogP contribution in [0.3, 0.4) is 0 Å². The monoisotopic (exact) mass is 321 g/mol. The molecule has 0 saturated carbocycles. The van der Waals surface area contributed by atoms with Gasteiger partial charge in [-0.1, -0.05) is 28.0 Å². The van der Waals surface area contributed by atoms with Crippen LogP contribution in [0.25, 0.3) is 11.0 Å². The van der Waals surface area contributed by atoms with E-state index in [9.17, 15) is 4.79 Å². The second-order valence-electron chi connectivity index (χ2n) is 5.26. The summed E-state index contributed by atoms with van der Waals surface area (Å²) >= 11 is 0. The maximum Gasteiger partial charge on any atom is 0.224 e. The van der Waals surface area contributed by atoms with E-state index in [0.29, 0.717) is 6.42 Å². The van der Waals surface area contributed by atoms with Crippen molar-refractivity contribution in [1.29, 1.82) is 0 Å². The molecule has 4 nitrogen and oxygen atoms in total. The predicted molar refractivity (Wildman–Crippen MR) is 91.6 cm³/mol. The number of aromatic nitrogens is 2. The number of fused-ring (bicyclic) bond motifs is 1. The van der Waals surface area contributed by atoms with Gasteiger partial charge in [-0.05, 0) is 37.5 Å². The molecule has 21 heavy (non-hydrogen) atoms. The molecule has 0 radical (unpaired) electrons. The number of amides is 1. The number of imidazole rings is 1. The summed E-state index contributed by atoms with van der Waals surface area (Å²) in [5, 5.41) is 3.76. The van der Waals surface area contributed by atoms with Gasteiger partial charge in [-0.2, -0.15) is 0 Å². The number of rotatable bonds is 6. The number of nitrogens with one attached hydrogen (secondary N) is 2. The molecule has 0 bridgehead atoms. The lowest BCUT2D eigenvalue weighted by molar-refractivity contribution is -0.116. The average Bonchev–Trinajstić information content (AvgIpc) is 3.14. The number of H-pyrrole nitrogens is 1. The van der Waals surface area contributed by atoms with Crippen LogP contribution in [0.4, 0.5) is 5.69 Å². The number of benzene rings is 1. The Kier molecular flexibility index (Phi) is 5.08. The molecule has 1 aliphatic rings. The molecular weight excluding hydrogens is 302 g/mol. The van der Waals surface area contributed by atoms with Crippen LogP contribution in [0.2, 0.25) is 0 Å². The highest BCUT2D eigenvalue weighted by Gasteiger charge is 2.15. The van der Waals surface area contributed by atoms with E-state index in [1.165, 1.54) is 18.6 Å². The van der Waals surface area contributed by atoms with Gasteiger partial charge in [-0.3, -0.25) is 4.79 Å². The molecule has 2 N–H and O–H groups in total. The molecule has 0 spiro atoms. The smallest absolute Gasteiger partial charge is 0.224 e. The Morgan fingerprint density at radius 3 is 3.24 bits per heavy atom. The van der Waals surface area contributed by atoms with Gasteiger partial charge in [0.1, 0.15) is 0 Å². The van der Waals surface area contributed by atoms with Crippen LogP contribution >= 0.6 is 21.6 Å². The van der Waals surface area contributed by atoms with Gasteiger partial charge < -0.3 is 10.3 Å². The Balaban J connectivity index is 1.40. The van der Waals surface area contributed by atoms with Crippen molar-refractivity contribution in [3.8, 4) is 0 Å². The van der Waals surface area contributed by atoms with Gasteiger partial charge in [0.05, 0.1) is 17.4 Å². The van der Waals surface area contributed by atoms with E-state index >= 15 is 0 Å². The molecule has 0 unspecified atom stereocenters. The summed E-state index contributed by atoms with van der Waals surface area (Å²) < 4.78 is 0. The summed E-state index contributed by atoms with van der Waals surface area (Å²) in [7, 11) is 3.99. The number of aromatic amines is 1. The topological polar surface area (TPSA) is 57.8 Å². The normalized spacial score (nSPS) is 18.2. The van der Waals surface area contributed by atoms with Gasteiger partial charge in [0, 0.05) is 23.1 Å². The minimum atomic E-state index is 0.0994. The standard InChI is InChI=1S/C15H19N3OS2/c19-15(4-2-1-3-12-7-8-20-21-12)18-11-5-6-13-14(9-11)17-10-16-13/h5-6,9-10,12H,1-4,7-8H2,(H,16,17)(H,18,19)/t12-/m1/s1. The summed E-state index contributed by atoms with van der Waals surface area (Å²) in [6, 6.07) is 5.73. The fourth-order valence-corrected chi connectivity index (χ4v) is 5.49. The lowest BCUT2D eigenvalue weighted by atomic mass is 10.1. The first-order valence-corrected chi connectivity index (χ1v) is 9.71. The van der Waals surface area contributed by atoms with Crippen molar-refractivity contribution < 1.29 is 4.79 Å². The van der Waals surface area contributed by atoms with E-state index in [-0.39, 0.29) is 5.91 Å². The molecule has 1 aliphatic heterocycles. The van der Waals surface area contributed by atoms with E-state index in [2.05, 4.69) is 15.3 Å². The van der Waals surface area contributed by atoms with Crippen molar-refractivity contribution in [3.63, 3.8) is 0 Å². The second-order valence-corrected chi connectivity index (χ2v) is 8.04. The molecule has 6 heteroatoms. The first-order valence-electron chi connectivity index (χ1n) is 7.32. The quantitative estimate of drug-likeness (QED) is 0.618. The molecule has 2 aromatic rings. The van der Waals surface area contributed by atoms with Crippen molar-refractivity contribution in [2.45, 2.75) is 37.4 Å². The van der Waals surface area contributed by atoms with Crippen molar-refractivity contribution in [3.05, 3.63) is 24.5 Å². The van der Waals surface area contributed by atoms with Crippen LogP contribution in [-0.4, -0.2) is 26.9 Å². The first-order chi connectivity index (χ1) is 10.3. The second kappa shape index (κ2) is 7.22. The van der Waals surface area contributed by atoms with E-state index in [1.807, 2.05) is 39.8 Å². The highest BCUT2D eigenvalue weighted by Crippen LogP contribution is 2.39. The van der Waals surface area contributed by atoms with Crippen molar-refractivity contribution in [2.24, 2.45) is 0 Å². The van der Waals surface area contributed by atoms with Gasteiger partial charge in [0.2, 0.25) is 5.91 Å². The summed E-state index contributed by atoms with van der Waals surface area (Å²) in [5.41, 5.74) is 2.70. The maximum atomic E-state index is 11.9. The average molecular weight is 321 g/mol. The fraction of sp³-hybridized carbons (Fsp3) is 0.467. The van der Waals surface area contributed by atoms with Gasteiger partial charge in [-0.15, -0.1) is 0 Å². The predicted octanol–water partition coefficient (Wildman–Crippen LogP) is 4.22. The highest BCUT2D eigenvalue weighted by atomic mass is 33.1. The van der Waals surface area contributed by atoms with Crippen molar-refractivity contribution in [2.75, 3.05) is 11.1 Å². The molecule has 1 amide bonds. The number of carbonyl (C=O) groups excluding carboxylic acids is 1. The zero-order chi connectivity index (χ0) is 14.5. The Morgan fingerprint density at radius 2 is 2.38 bits per heavy atom. The number of nitrogens with zero attached hydrogens (tertiary/aromatic N) is 1. The van der Waals surface area contributed by atoms with E-state index < -0.39 is 0 Å². The zero-order valence-corrected chi connectivity index (χ0v) is 13.4. The number of hydrogen-bond acceptors (Lipinski definition) is 4. The number of anilines is 1. The SMILES string of the molecule is O=C(CCCC[C@@H]1CCSS1)Nc1ccc2nc[nH]c2c1. The maximum absolute atomic E-state index is 11.9. The fourth-order valence-electron chi connectivity index (χ4n) is 2.46. The first kappa shape index (κ1) is 14.8. The van der Waals surface area contributed by atoms with E-state index in [4.69, 9.17) is 0 Å². The third-order valence-corrected chi connectivity index (χ3v) is 6.62. The summed E-state index contributed by atoms with van der Waals surface area (Å²) in [6.45, 7) is 0. The van der Waals surface area contributed by atoms with Crippen LogP contribution in [0.1, 0.15) is 32.1 Å². The molecule has 0 aliphatic carbocycles. The van der Waals surface area contributed by atoms with Crippen LogP contribution in [0.5, 0.6) is 0 Å². The van der Waals surface area contributed by atoms with Crippen LogP contribution in [0, 0.1) is 0 Å². The highest BCUT2D eigenvalue weighted by molar-refractivity contribution is 8.77. The third-order valence-electron chi connectivity index (χ3n) is 3.61. The lowest BCUT2D eigenvalue weighted by Gasteiger charge is -2.07. The lowest BCUT2D eigenvalue weighted by Crippen LogP contribution is -2.11. The van der Waals surface area contributed by atoms with Crippen LogP contribution < -0.4 is 5.32 Å². The van der Waals surface area contributed by atoms with Gasteiger partial charge >= 0.3 is 0 Å². The summed E-state index contributed by atoms with van der Waals surface area (Å²) in [6.07, 6.45) is 6.95. The molecule has 1 aromatic carbocycles. The van der Waals surface area contributed by atoms with Crippen molar-refractivity contribution >= 4 is 44.2 Å². The van der Waals surface area contributed by atoms with Gasteiger partial charge in [0.15, 0.2) is 0 Å². The largest absolute Gasteiger partial charge is 0.345 e. The molecule has 2 heterocycles. The third kappa shape index (κ3) is 4.17. The van der Waals surface area contributed by atoms with E-state index in [1.54, 1.807) is 6.33 Å².